The van der Waals surface area contributed by atoms with Crippen LogP contribution < -0.4 is 11.1 Å². The largest absolute Gasteiger partial charge is 0.360 e. The van der Waals surface area contributed by atoms with Gasteiger partial charge in [0.25, 0.3) is 21.8 Å². The van der Waals surface area contributed by atoms with Crippen LogP contribution >= 0.6 is 23.2 Å². The first kappa shape index (κ1) is 23.5. The molecule has 10 nitrogen and oxygen atoms in total. The lowest BCUT2D eigenvalue weighted by Crippen LogP contribution is -2.54. The van der Waals surface area contributed by atoms with E-state index in [-0.39, 0.29) is 58.1 Å². The number of carbonyl (C=O) groups is 2. The minimum Gasteiger partial charge on any atom is -0.360 e. The Hall–Kier alpha value is -2.18. The van der Waals surface area contributed by atoms with Crippen LogP contribution in [0.1, 0.15) is 21.8 Å². The molecule has 1 fully saturated rings. The SMILES string of the molecule is Cc1noc(C)c1S(=O)(=O)N1CCN(C(=O)c2ccc(Cl)c(Cl)c2)C1C(=O)NCCN. The number of sulfonamides is 1. The van der Waals surface area contributed by atoms with Gasteiger partial charge in [0, 0.05) is 31.7 Å². The molecule has 168 valence electrons. The lowest BCUT2D eigenvalue weighted by Gasteiger charge is -2.28. The quantitative estimate of drug-likeness (QED) is 0.619. The van der Waals surface area contributed by atoms with Gasteiger partial charge in [-0.25, -0.2) is 8.42 Å². The number of nitrogens with zero attached hydrogens (tertiary/aromatic N) is 3. The predicted octanol–water partition coefficient (Wildman–Crippen LogP) is 1.15. The van der Waals surface area contributed by atoms with Gasteiger partial charge in [0.05, 0.1) is 10.0 Å². The third-order valence-corrected chi connectivity index (χ3v) is 7.61. The predicted molar refractivity (Wildman–Crippen MR) is 113 cm³/mol. The maximum Gasteiger partial charge on any atom is 0.259 e. The number of amides is 2. The molecule has 1 saturated heterocycles. The van der Waals surface area contributed by atoms with Crippen molar-refractivity contribution in [2.75, 3.05) is 26.2 Å². The summed E-state index contributed by atoms with van der Waals surface area (Å²) >= 11 is 11.9. The molecule has 3 N–H and O–H groups in total. The van der Waals surface area contributed by atoms with Gasteiger partial charge in [-0.15, -0.1) is 0 Å². The summed E-state index contributed by atoms with van der Waals surface area (Å²) in [5.74, 6) is -1.15. The van der Waals surface area contributed by atoms with Crippen LogP contribution in [0.4, 0.5) is 0 Å². The fourth-order valence-corrected chi connectivity index (χ4v) is 5.52. The first-order valence-corrected chi connectivity index (χ1v) is 11.5. The van der Waals surface area contributed by atoms with Crippen LogP contribution in [0.3, 0.4) is 0 Å². The molecule has 3 rings (SSSR count). The Bertz CT molecular complexity index is 1100. The van der Waals surface area contributed by atoms with Crippen molar-refractivity contribution >= 4 is 45.0 Å². The van der Waals surface area contributed by atoms with Crippen molar-refractivity contribution < 1.29 is 22.5 Å². The Morgan fingerprint density at radius 3 is 2.55 bits per heavy atom. The minimum absolute atomic E-state index is 0.0115. The van der Waals surface area contributed by atoms with Gasteiger partial charge in [-0.05, 0) is 32.0 Å². The highest BCUT2D eigenvalue weighted by atomic mass is 35.5. The molecule has 2 heterocycles. The molecule has 31 heavy (non-hydrogen) atoms. The van der Waals surface area contributed by atoms with Crippen molar-refractivity contribution in [3.8, 4) is 0 Å². The number of carbonyl (C=O) groups excluding carboxylic acids is 2. The topological polar surface area (TPSA) is 139 Å². The van der Waals surface area contributed by atoms with Gasteiger partial charge >= 0.3 is 0 Å². The van der Waals surface area contributed by atoms with Crippen LogP contribution in [0.5, 0.6) is 0 Å². The third-order valence-electron chi connectivity index (χ3n) is 4.77. The van der Waals surface area contributed by atoms with Crippen molar-refractivity contribution in [1.82, 2.24) is 19.7 Å². The summed E-state index contributed by atoms with van der Waals surface area (Å²) in [5.41, 5.74) is 5.78. The molecule has 0 saturated carbocycles. The van der Waals surface area contributed by atoms with E-state index in [0.29, 0.717) is 0 Å². The van der Waals surface area contributed by atoms with Gasteiger partial charge in [0.1, 0.15) is 10.6 Å². The third kappa shape index (κ3) is 4.41. The molecule has 0 bridgehead atoms. The molecule has 13 heteroatoms. The zero-order valence-corrected chi connectivity index (χ0v) is 19.1. The standard InChI is InChI=1S/C18H21Cl2N5O5S/c1-10-15(11(2)30-23-10)31(28,29)25-8-7-24(17(25)16(26)22-6-5-21)18(27)12-3-4-13(19)14(20)9-12/h3-4,9,17H,5-8,21H2,1-2H3,(H,22,26). The number of aromatic nitrogens is 1. The smallest absolute Gasteiger partial charge is 0.259 e. The van der Waals surface area contributed by atoms with Crippen molar-refractivity contribution in [2.24, 2.45) is 5.73 Å². The summed E-state index contributed by atoms with van der Waals surface area (Å²) in [6.45, 7) is 3.11. The Labute approximate surface area is 189 Å². The Kier molecular flexibility index (Phi) is 6.92. The van der Waals surface area contributed by atoms with E-state index in [4.69, 9.17) is 33.5 Å². The zero-order chi connectivity index (χ0) is 22.9. The van der Waals surface area contributed by atoms with Gasteiger partial charge in [-0.3, -0.25) is 9.59 Å². The molecule has 2 aromatic rings. The van der Waals surface area contributed by atoms with E-state index in [2.05, 4.69) is 10.5 Å². The van der Waals surface area contributed by atoms with Crippen molar-refractivity contribution in [1.29, 1.82) is 0 Å². The average molecular weight is 490 g/mol. The molecular weight excluding hydrogens is 469 g/mol. The summed E-state index contributed by atoms with van der Waals surface area (Å²) in [6, 6.07) is 4.28. The number of halogens is 2. The van der Waals surface area contributed by atoms with E-state index in [9.17, 15) is 18.0 Å². The van der Waals surface area contributed by atoms with Crippen molar-refractivity contribution in [3.05, 3.63) is 45.3 Å². The van der Waals surface area contributed by atoms with Crippen molar-refractivity contribution in [3.63, 3.8) is 0 Å². The summed E-state index contributed by atoms with van der Waals surface area (Å²) in [6.07, 6.45) is -1.42. The summed E-state index contributed by atoms with van der Waals surface area (Å²) in [5, 5.41) is 6.67. The van der Waals surface area contributed by atoms with Crippen LogP contribution in [-0.2, 0) is 14.8 Å². The molecule has 0 aliphatic carbocycles. The van der Waals surface area contributed by atoms with Gasteiger partial charge in [-0.2, -0.15) is 4.31 Å². The summed E-state index contributed by atoms with van der Waals surface area (Å²) in [4.78, 5) is 27.1. The van der Waals surface area contributed by atoms with E-state index < -0.39 is 28.0 Å². The molecule has 1 atom stereocenters. The second-order valence-electron chi connectivity index (χ2n) is 6.85. The molecule has 1 unspecified atom stereocenters. The first-order chi connectivity index (χ1) is 14.6. The molecule has 1 aromatic heterocycles. The molecule has 1 aromatic carbocycles. The number of benzene rings is 1. The highest BCUT2D eigenvalue weighted by molar-refractivity contribution is 7.89. The maximum atomic E-state index is 13.4. The molecule has 0 radical (unpaired) electrons. The van der Waals surface area contributed by atoms with Crippen LogP contribution in [-0.4, -0.2) is 66.9 Å². The van der Waals surface area contributed by atoms with Crippen LogP contribution in [0.25, 0.3) is 0 Å². The highest BCUT2D eigenvalue weighted by Crippen LogP contribution is 2.30. The first-order valence-electron chi connectivity index (χ1n) is 9.28. The fourth-order valence-electron chi connectivity index (χ4n) is 3.38. The Balaban J connectivity index is 2.02. The molecular formula is C18H21Cl2N5O5S. The lowest BCUT2D eigenvalue weighted by molar-refractivity contribution is -0.127. The second kappa shape index (κ2) is 9.13. The van der Waals surface area contributed by atoms with Crippen LogP contribution in [0, 0.1) is 13.8 Å². The van der Waals surface area contributed by atoms with Gasteiger partial charge < -0.3 is 20.5 Å². The highest BCUT2D eigenvalue weighted by Gasteiger charge is 2.48. The second-order valence-corrected chi connectivity index (χ2v) is 9.49. The molecule has 1 aliphatic rings. The summed E-state index contributed by atoms with van der Waals surface area (Å²) in [7, 11) is -4.20. The molecule has 0 spiro atoms. The number of nitrogens with two attached hydrogens (primary N) is 1. The zero-order valence-electron chi connectivity index (χ0n) is 16.8. The number of aryl methyl sites for hydroxylation is 2. The number of rotatable bonds is 6. The van der Waals surface area contributed by atoms with E-state index in [1.54, 1.807) is 0 Å². The minimum atomic E-state index is -4.20. The number of hydrogen-bond acceptors (Lipinski definition) is 7. The average Bonchev–Trinajstić information content (AvgIpc) is 3.31. The van der Waals surface area contributed by atoms with Crippen LogP contribution in [0.2, 0.25) is 10.0 Å². The molecule has 1 aliphatic heterocycles. The molecule has 2 amide bonds. The van der Waals surface area contributed by atoms with Gasteiger partial charge in [0.15, 0.2) is 11.9 Å². The fraction of sp³-hybridized carbons (Fsp3) is 0.389. The van der Waals surface area contributed by atoms with Gasteiger partial charge in [-0.1, -0.05) is 28.4 Å². The Morgan fingerprint density at radius 2 is 1.97 bits per heavy atom. The normalized spacial score (nSPS) is 17.2. The number of hydrogen-bond donors (Lipinski definition) is 2. The maximum absolute atomic E-state index is 13.4. The van der Waals surface area contributed by atoms with E-state index in [0.717, 1.165) is 4.31 Å². The summed E-state index contributed by atoms with van der Waals surface area (Å²) < 4.78 is 32.7. The number of nitrogens with one attached hydrogen (secondary N) is 1. The lowest BCUT2D eigenvalue weighted by atomic mass is 10.2. The van der Waals surface area contributed by atoms with E-state index in [1.165, 1.54) is 36.9 Å². The van der Waals surface area contributed by atoms with Crippen LogP contribution in [0.15, 0.2) is 27.6 Å². The monoisotopic (exact) mass is 489 g/mol. The van der Waals surface area contributed by atoms with Gasteiger partial charge in [0.2, 0.25) is 0 Å². The van der Waals surface area contributed by atoms with Crippen molar-refractivity contribution in [2.45, 2.75) is 24.9 Å². The Morgan fingerprint density at radius 1 is 1.26 bits per heavy atom. The van der Waals surface area contributed by atoms with E-state index in [1.807, 2.05) is 0 Å². The van der Waals surface area contributed by atoms with E-state index >= 15 is 0 Å².